The number of hydrogen-bond acceptors (Lipinski definition) is 1. The summed E-state index contributed by atoms with van der Waals surface area (Å²) < 4.78 is 0. The number of carbonyl (C=O) groups is 1. The first-order valence-corrected chi connectivity index (χ1v) is 7.69. The SMILES string of the molecule is NC(=O)c1[nH]c2ccc(Cl)cc2c1C1Cc2ccccc2C1. The number of carbonyl (C=O) groups excluding carboxylic acids is 1. The lowest BCUT2D eigenvalue weighted by molar-refractivity contribution is 0.0995. The molecule has 0 aliphatic heterocycles. The van der Waals surface area contributed by atoms with Crippen molar-refractivity contribution in [3.05, 3.63) is 69.9 Å². The maximum absolute atomic E-state index is 11.9. The van der Waals surface area contributed by atoms with E-state index in [9.17, 15) is 4.79 Å². The van der Waals surface area contributed by atoms with Crippen LogP contribution in [0.5, 0.6) is 0 Å². The summed E-state index contributed by atoms with van der Waals surface area (Å²) in [7, 11) is 0. The first-order chi connectivity index (χ1) is 10.6. The molecule has 0 unspecified atom stereocenters. The molecule has 22 heavy (non-hydrogen) atoms. The number of amides is 1. The van der Waals surface area contributed by atoms with Crippen molar-refractivity contribution in [2.75, 3.05) is 0 Å². The highest BCUT2D eigenvalue weighted by atomic mass is 35.5. The van der Waals surface area contributed by atoms with Crippen molar-refractivity contribution in [1.82, 2.24) is 4.98 Å². The van der Waals surface area contributed by atoms with E-state index in [-0.39, 0.29) is 5.92 Å². The minimum Gasteiger partial charge on any atom is -0.364 e. The third kappa shape index (κ3) is 2.01. The molecule has 0 bridgehead atoms. The van der Waals surface area contributed by atoms with Crippen molar-refractivity contribution in [2.24, 2.45) is 5.73 Å². The van der Waals surface area contributed by atoms with Crippen LogP contribution in [-0.2, 0) is 12.8 Å². The second kappa shape index (κ2) is 4.89. The summed E-state index contributed by atoms with van der Waals surface area (Å²) in [5.41, 5.74) is 10.7. The fourth-order valence-electron chi connectivity index (χ4n) is 3.57. The summed E-state index contributed by atoms with van der Waals surface area (Å²) in [6, 6.07) is 14.1. The van der Waals surface area contributed by atoms with Crippen LogP contribution in [0.3, 0.4) is 0 Å². The number of H-pyrrole nitrogens is 1. The number of aromatic nitrogens is 1. The van der Waals surface area contributed by atoms with E-state index in [0.29, 0.717) is 10.7 Å². The molecule has 1 aromatic heterocycles. The van der Waals surface area contributed by atoms with Gasteiger partial charge in [-0.1, -0.05) is 35.9 Å². The van der Waals surface area contributed by atoms with Crippen molar-refractivity contribution in [3.63, 3.8) is 0 Å². The predicted molar refractivity (Wildman–Crippen MR) is 88.4 cm³/mol. The normalized spacial score (nSPS) is 14.4. The number of halogens is 1. The molecule has 3 N–H and O–H groups in total. The predicted octanol–water partition coefficient (Wildman–Crippen LogP) is 3.80. The van der Waals surface area contributed by atoms with E-state index in [4.69, 9.17) is 17.3 Å². The molecule has 110 valence electrons. The molecule has 0 fully saturated rings. The Balaban J connectivity index is 1.89. The van der Waals surface area contributed by atoms with Gasteiger partial charge in [-0.05, 0) is 53.6 Å². The first kappa shape index (κ1) is 13.4. The van der Waals surface area contributed by atoms with Crippen LogP contribution < -0.4 is 5.73 Å². The smallest absolute Gasteiger partial charge is 0.265 e. The Kier molecular flexibility index (Phi) is 2.98. The highest BCUT2D eigenvalue weighted by Gasteiger charge is 2.29. The molecule has 1 amide bonds. The van der Waals surface area contributed by atoms with E-state index >= 15 is 0 Å². The zero-order valence-corrected chi connectivity index (χ0v) is 12.7. The second-order valence-electron chi connectivity index (χ2n) is 5.84. The molecule has 4 rings (SSSR count). The van der Waals surface area contributed by atoms with E-state index in [1.165, 1.54) is 11.1 Å². The third-order valence-electron chi connectivity index (χ3n) is 4.51. The van der Waals surface area contributed by atoms with Crippen LogP contribution in [0.25, 0.3) is 10.9 Å². The monoisotopic (exact) mass is 310 g/mol. The van der Waals surface area contributed by atoms with Gasteiger partial charge in [0, 0.05) is 15.9 Å². The maximum atomic E-state index is 11.9. The van der Waals surface area contributed by atoms with Crippen molar-refractivity contribution in [3.8, 4) is 0 Å². The summed E-state index contributed by atoms with van der Waals surface area (Å²) in [6.07, 6.45) is 1.85. The zero-order valence-electron chi connectivity index (χ0n) is 11.9. The number of primary amides is 1. The largest absolute Gasteiger partial charge is 0.364 e. The molecule has 0 saturated carbocycles. The molecule has 1 aliphatic rings. The van der Waals surface area contributed by atoms with E-state index in [1.54, 1.807) is 0 Å². The molecule has 0 spiro atoms. The molecule has 2 aromatic carbocycles. The lowest BCUT2D eigenvalue weighted by Crippen LogP contribution is -2.15. The molecular weight excluding hydrogens is 296 g/mol. The highest BCUT2D eigenvalue weighted by molar-refractivity contribution is 6.31. The van der Waals surface area contributed by atoms with Gasteiger partial charge >= 0.3 is 0 Å². The first-order valence-electron chi connectivity index (χ1n) is 7.31. The fraction of sp³-hybridized carbons (Fsp3) is 0.167. The summed E-state index contributed by atoms with van der Waals surface area (Å²) in [6.45, 7) is 0. The lowest BCUT2D eigenvalue weighted by Gasteiger charge is -2.10. The molecule has 3 aromatic rings. The Morgan fingerprint density at radius 3 is 2.45 bits per heavy atom. The van der Waals surface area contributed by atoms with E-state index in [0.717, 1.165) is 29.3 Å². The van der Waals surface area contributed by atoms with Gasteiger partial charge in [-0.2, -0.15) is 0 Å². The van der Waals surface area contributed by atoms with E-state index < -0.39 is 5.91 Å². The number of hydrogen-bond donors (Lipinski definition) is 2. The number of rotatable bonds is 2. The standard InChI is InChI=1S/C18H15ClN2O/c19-13-5-6-15-14(9-13)16(17(21-15)18(20)22)12-7-10-3-1-2-4-11(10)8-12/h1-6,9,12,21H,7-8H2,(H2,20,22). The average Bonchev–Trinajstić information content (AvgIpc) is 3.06. The van der Waals surface area contributed by atoms with Gasteiger partial charge in [0.15, 0.2) is 0 Å². The Bertz CT molecular complexity index is 872. The minimum absolute atomic E-state index is 0.257. The van der Waals surface area contributed by atoms with E-state index in [1.807, 2.05) is 18.2 Å². The Hall–Kier alpha value is -2.26. The molecule has 1 heterocycles. The van der Waals surface area contributed by atoms with Crippen molar-refractivity contribution in [2.45, 2.75) is 18.8 Å². The molecule has 1 aliphatic carbocycles. The lowest BCUT2D eigenvalue weighted by atomic mass is 9.93. The summed E-state index contributed by atoms with van der Waals surface area (Å²) >= 11 is 6.15. The molecule has 0 radical (unpaired) electrons. The number of benzene rings is 2. The maximum Gasteiger partial charge on any atom is 0.265 e. The quantitative estimate of drug-likeness (QED) is 0.743. The van der Waals surface area contributed by atoms with Gasteiger partial charge in [-0.25, -0.2) is 0 Å². The summed E-state index contributed by atoms with van der Waals surface area (Å²) in [5.74, 6) is -0.162. The van der Waals surface area contributed by atoms with Crippen LogP contribution in [-0.4, -0.2) is 10.9 Å². The van der Waals surface area contributed by atoms with Crippen LogP contribution in [0.4, 0.5) is 0 Å². The number of nitrogens with one attached hydrogen (secondary N) is 1. The number of nitrogens with two attached hydrogens (primary N) is 1. The van der Waals surface area contributed by atoms with Gasteiger partial charge in [0.1, 0.15) is 5.69 Å². The van der Waals surface area contributed by atoms with Crippen LogP contribution in [0.15, 0.2) is 42.5 Å². The summed E-state index contributed by atoms with van der Waals surface area (Å²) in [4.78, 5) is 15.0. The van der Waals surface area contributed by atoms with Gasteiger partial charge in [0.05, 0.1) is 0 Å². The Morgan fingerprint density at radius 2 is 1.82 bits per heavy atom. The van der Waals surface area contributed by atoms with Crippen molar-refractivity contribution >= 4 is 28.4 Å². The van der Waals surface area contributed by atoms with Gasteiger partial charge in [0.25, 0.3) is 5.91 Å². The van der Waals surface area contributed by atoms with Gasteiger partial charge in [0.2, 0.25) is 0 Å². The third-order valence-corrected chi connectivity index (χ3v) is 4.74. The van der Waals surface area contributed by atoms with Gasteiger partial charge < -0.3 is 10.7 Å². The zero-order chi connectivity index (χ0) is 15.3. The minimum atomic E-state index is -0.418. The number of fused-ring (bicyclic) bond motifs is 2. The molecule has 0 atom stereocenters. The topological polar surface area (TPSA) is 58.9 Å². The van der Waals surface area contributed by atoms with Crippen LogP contribution >= 0.6 is 11.6 Å². The Morgan fingerprint density at radius 1 is 1.14 bits per heavy atom. The van der Waals surface area contributed by atoms with Crippen LogP contribution in [0, 0.1) is 0 Å². The number of aromatic amines is 1. The van der Waals surface area contributed by atoms with Crippen LogP contribution in [0.2, 0.25) is 5.02 Å². The molecule has 4 heteroatoms. The molecule has 0 saturated heterocycles. The van der Waals surface area contributed by atoms with Crippen molar-refractivity contribution < 1.29 is 4.79 Å². The van der Waals surface area contributed by atoms with Gasteiger partial charge in [-0.3, -0.25) is 4.79 Å². The molecular formula is C18H15ClN2O. The van der Waals surface area contributed by atoms with Gasteiger partial charge in [-0.15, -0.1) is 0 Å². The Labute approximate surface area is 133 Å². The van der Waals surface area contributed by atoms with E-state index in [2.05, 4.69) is 29.2 Å². The second-order valence-corrected chi connectivity index (χ2v) is 6.28. The highest BCUT2D eigenvalue weighted by Crippen LogP contribution is 2.39. The van der Waals surface area contributed by atoms with Crippen molar-refractivity contribution in [1.29, 1.82) is 0 Å². The average molecular weight is 311 g/mol. The molecule has 3 nitrogen and oxygen atoms in total. The fourth-order valence-corrected chi connectivity index (χ4v) is 3.74. The summed E-state index contributed by atoms with van der Waals surface area (Å²) in [5, 5.41) is 1.67. The van der Waals surface area contributed by atoms with Crippen LogP contribution in [0.1, 0.15) is 33.1 Å².